The van der Waals surface area contributed by atoms with E-state index in [0.29, 0.717) is 39.1 Å². The molecule has 1 atom stereocenters. The summed E-state index contributed by atoms with van der Waals surface area (Å²) in [5.41, 5.74) is 1.51. The van der Waals surface area contributed by atoms with Crippen molar-refractivity contribution < 1.29 is 19.1 Å². The first kappa shape index (κ1) is 21.2. The van der Waals surface area contributed by atoms with Crippen molar-refractivity contribution in [2.45, 2.75) is 38.6 Å². The van der Waals surface area contributed by atoms with Gasteiger partial charge in [-0.05, 0) is 31.9 Å². The summed E-state index contributed by atoms with van der Waals surface area (Å²) in [5.74, 6) is -0.227. The summed E-state index contributed by atoms with van der Waals surface area (Å²) in [4.78, 5) is 31.2. The Morgan fingerprint density at radius 2 is 2.03 bits per heavy atom. The first-order chi connectivity index (χ1) is 14.2. The number of amides is 1. The number of hydrogen-bond acceptors (Lipinski definition) is 6. The molecule has 1 aliphatic rings. The van der Waals surface area contributed by atoms with Gasteiger partial charge in [0.25, 0.3) is 0 Å². The lowest BCUT2D eigenvalue weighted by Crippen LogP contribution is -2.45. The van der Waals surface area contributed by atoms with E-state index in [1.54, 1.807) is 13.1 Å². The fraction of sp³-hybridized carbons (Fsp3) is 0.500. The molecule has 1 aromatic carbocycles. The maximum Gasteiger partial charge on any atom is 0.305 e. The number of para-hydroxylation sites is 1. The van der Waals surface area contributed by atoms with Gasteiger partial charge in [0.15, 0.2) is 0 Å². The predicted molar refractivity (Wildman–Crippen MR) is 112 cm³/mol. The molecule has 7 heteroatoms. The SMILES string of the molecule is CCOC(=O)CCCC(CC(=O)Nc1cccc2cccnc12)N1CCOCC1. The molecule has 156 valence electrons. The molecule has 7 nitrogen and oxygen atoms in total. The predicted octanol–water partition coefficient (Wildman–Crippen LogP) is 3.00. The Morgan fingerprint density at radius 1 is 1.24 bits per heavy atom. The van der Waals surface area contributed by atoms with E-state index in [4.69, 9.17) is 9.47 Å². The Bertz CT molecular complexity index is 815. The third-order valence-corrected chi connectivity index (χ3v) is 5.11. The van der Waals surface area contributed by atoms with Crippen molar-refractivity contribution in [3.05, 3.63) is 36.5 Å². The van der Waals surface area contributed by atoms with E-state index in [1.807, 2.05) is 30.3 Å². The van der Waals surface area contributed by atoms with Crippen molar-refractivity contribution in [1.29, 1.82) is 0 Å². The van der Waals surface area contributed by atoms with Crippen LogP contribution in [0.15, 0.2) is 36.5 Å². The highest BCUT2D eigenvalue weighted by molar-refractivity contribution is 6.00. The highest BCUT2D eigenvalue weighted by Gasteiger charge is 2.24. The van der Waals surface area contributed by atoms with Crippen molar-refractivity contribution >= 4 is 28.5 Å². The number of aromatic nitrogens is 1. The Labute approximate surface area is 171 Å². The minimum atomic E-state index is -0.181. The number of benzene rings is 1. The molecule has 3 rings (SSSR count). The number of carbonyl (C=O) groups is 2. The van der Waals surface area contributed by atoms with E-state index >= 15 is 0 Å². The van der Waals surface area contributed by atoms with Crippen LogP contribution >= 0.6 is 0 Å². The third-order valence-electron chi connectivity index (χ3n) is 5.11. The summed E-state index contributed by atoms with van der Waals surface area (Å²) in [6.07, 6.45) is 3.93. The Hall–Kier alpha value is -2.51. The Kier molecular flexibility index (Phi) is 7.95. The van der Waals surface area contributed by atoms with Crippen molar-refractivity contribution in [2.24, 2.45) is 0 Å². The molecule has 1 aliphatic heterocycles. The molecule has 1 N–H and O–H groups in total. The van der Waals surface area contributed by atoms with E-state index < -0.39 is 0 Å². The average molecular weight is 399 g/mol. The number of morpholine rings is 1. The van der Waals surface area contributed by atoms with Gasteiger partial charge in [0.05, 0.1) is 31.0 Å². The van der Waals surface area contributed by atoms with Crippen molar-refractivity contribution in [3.8, 4) is 0 Å². The molecule has 1 saturated heterocycles. The van der Waals surface area contributed by atoms with Crippen LogP contribution in [0, 0.1) is 0 Å². The van der Waals surface area contributed by atoms with Crippen LogP contribution in [0.4, 0.5) is 5.69 Å². The van der Waals surface area contributed by atoms with Crippen molar-refractivity contribution in [1.82, 2.24) is 9.88 Å². The molecule has 1 fully saturated rings. The van der Waals surface area contributed by atoms with E-state index in [0.717, 1.165) is 36.1 Å². The van der Waals surface area contributed by atoms with Crippen LogP contribution in [0.3, 0.4) is 0 Å². The quantitative estimate of drug-likeness (QED) is 0.653. The second-order valence-electron chi connectivity index (χ2n) is 7.13. The van der Waals surface area contributed by atoms with Crippen LogP contribution in [0.2, 0.25) is 0 Å². The molecule has 0 saturated carbocycles. The zero-order valence-corrected chi connectivity index (χ0v) is 16.9. The van der Waals surface area contributed by atoms with Gasteiger partial charge in [-0.2, -0.15) is 0 Å². The summed E-state index contributed by atoms with van der Waals surface area (Å²) < 4.78 is 10.5. The van der Waals surface area contributed by atoms with Crippen LogP contribution in [-0.2, 0) is 19.1 Å². The number of carbonyl (C=O) groups excluding carboxylic acids is 2. The molecule has 1 amide bonds. The monoisotopic (exact) mass is 399 g/mol. The number of fused-ring (bicyclic) bond motifs is 1. The van der Waals surface area contributed by atoms with Crippen LogP contribution in [0.1, 0.15) is 32.6 Å². The van der Waals surface area contributed by atoms with E-state index in [1.165, 1.54) is 0 Å². The van der Waals surface area contributed by atoms with Gasteiger partial charge in [0.1, 0.15) is 0 Å². The second kappa shape index (κ2) is 10.9. The second-order valence-corrected chi connectivity index (χ2v) is 7.13. The molecule has 0 spiro atoms. The van der Waals surface area contributed by atoms with Gasteiger partial charge in [0.2, 0.25) is 5.91 Å². The van der Waals surface area contributed by atoms with Crippen LogP contribution in [0.25, 0.3) is 10.9 Å². The standard InChI is InChI=1S/C22H29N3O4/c1-2-29-21(27)10-4-8-18(25-12-14-28-15-13-25)16-20(26)24-19-9-3-6-17-7-5-11-23-22(17)19/h3,5-7,9,11,18H,2,4,8,10,12-16H2,1H3,(H,24,26). The fourth-order valence-electron chi connectivity index (χ4n) is 3.69. The molecule has 1 unspecified atom stereocenters. The van der Waals surface area contributed by atoms with Gasteiger partial charge < -0.3 is 14.8 Å². The summed E-state index contributed by atoms with van der Waals surface area (Å²) in [6.45, 7) is 5.14. The molecule has 0 bridgehead atoms. The number of anilines is 1. The molecular weight excluding hydrogens is 370 g/mol. The van der Waals surface area contributed by atoms with Crippen molar-refractivity contribution in [2.75, 3.05) is 38.2 Å². The van der Waals surface area contributed by atoms with Crippen molar-refractivity contribution in [3.63, 3.8) is 0 Å². The van der Waals surface area contributed by atoms with Gasteiger partial charge in [-0.3, -0.25) is 19.5 Å². The minimum absolute atomic E-state index is 0.0456. The number of nitrogens with zero attached hydrogens (tertiary/aromatic N) is 2. The van der Waals surface area contributed by atoms with E-state index in [9.17, 15) is 9.59 Å². The molecule has 2 aromatic rings. The molecule has 29 heavy (non-hydrogen) atoms. The summed E-state index contributed by atoms with van der Waals surface area (Å²) in [6, 6.07) is 9.69. The number of pyridine rings is 1. The maximum atomic E-state index is 12.8. The zero-order valence-electron chi connectivity index (χ0n) is 16.9. The lowest BCUT2D eigenvalue weighted by atomic mass is 10.0. The number of hydrogen-bond donors (Lipinski definition) is 1. The Morgan fingerprint density at radius 3 is 2.83 bits per heavy atom. The summed E-state index contributed by atoms with van der Waals surface area (Å²) in [5, 5.41) is 4.01. The van der Waals surface area contributed by atoms with Gasteiger partial charge in [-0.25, -0.2) is 0 Å². The summed E-state index contributed by atoms with van der Waals surface area (Å²) >= 11 is 0. The molecule has 0 radical (unpaired) electrons. The number of nitrogens with one attached hydrogen (secondary N) is 1. The smallest absolute Gasteiger partial charge is 0.305 e. The first-order valence-corrected chi connectivity index (χ1v) is 10.3. The summed E-state index contributed by atoms with van der Waals surface area (Å²) in [7, 11) is 0. The normalized spacial score (nSPS) is 15.8. The van der Waals surface area contributed by atoms with Gasteiger partial charge in [-0.15, -0.1) is 0 Å². The van der Waals surface area contributed by atoms with Gasteiger partial charge in [0, 0.05) is 43.6 Å². The fourth-order valence-corrected chi connectivity index (χ4v) is 3.69. The first-order valence-electron chi connectivity index (χ1n) is 10.3. The van der Waals surface area contributed by atoms with Crippen LogP contribution in [0.5, 0.6) is 0 Å². The largest absolute Gasteiger partial charge is 0.466 e. The van der Waals surface area contributed by atoms with E-state index in [2.05, 4.69) is 15.2 Å². The average Bonchev–Trinajstić information content (AvgIpc) is 2.74. The zero-order chi connectivity index (χ0) is 20.5. The van der Waals surface area contributed by atoms with Gasteiger partial charge >= 0.3 is 5.97 Å². The Balaban J connectivity index is 1.62. The minimum Gasteiger partial charge on any atom is -0.466 e. The van der Waals surface area contributed by atoms with E-state index in [-0.39, 0.29) is 17.9 Å². The molecule has 0 aliphatic carbocycles. The van der Waals surface area contributed by atoms with Gasteiger partial charge in [-0.1, -0.05) is 18.2 Å². The highest BCUT2D eigenvalue weighted by atomic mass is 16.5. The lowest BCUT2D eigenvalue weighted by molar-refractivity contribution is -0.143. The number of rotatable bonds is 9. The van der Waals surface area contributed by atoms with Crippen LogP contribution in [-0.4, -0.2) is 60.7 Å². The topological polar surface area (TPSA) is 80.8 Å². The van der Waals surface area contributed by atoms with Crippen LogP contribution < -0.4 is 5.32 Å². The molecule has 1 aromatic heterocycles. The third kappa shape index (κ3) is 6.24. The highest BCUT2D eigenvalue weighted by Crippen LogP contribution is 2.22. The lowest BCUT2D eigenvalue weighted by Gasteiger charge is -2.34. The maximum absolute atomic E-state index is 12.8. The molecule has 2 heterocycles. The molecular formula is C22H29N3O4. The number of ether oxygens (including phenoxy) is 2. The number of esters is 1.